The Bertz CT molecular complexity index is 319. The molecular formula is C10H10BN. The molecular weight excluding hydrogens is 145 g/mol. The van der Waals surface area contributed by atoms with Crippen LogP contribution in [0.4, 0.5) is 0 Å². The first-order chi connectivity index (χ1) is 5.74. The Hall–Kier alpha value is -1.49. The molecule has 1 aromatic rings. The van der Waals surface area contributed by atoms with Crippen LogP contribution in [0.15, 0.2) is 30.8 Å². The molecule has 0 bridgehead atoms. The van der Waals surface area contributed by atoms with Crippen molar-refractivity contribution in [2.24, 2.45) is 0 Å². The van der Waals surface area contributed by atoms with Crippen LogP contribution < -0.4 is 5.46 Å². The van der Waals surface area contributed by atoms with Crippen LogP contribution in [0.1, 0.15) is 12.5 Å². The van der Waals surface area contributed by atoms with E-state index in [9.17, 15) is 0 Å². The maximum atomic E-state index is 8.43. The van der Waals surface area contributed by atoms with Crippen LogP contribution in [0.5, 0.6) is 0 Å². The average Bonchev–Trinajstić information content (AvgIpc) is 2.06. The zero-order valence-corrected chi connectivity index (χ0v) is 7.17. The molecule has 1 rings (SSSR count). The van der Waals surface area contributed by atoms with Gasteiger partial charge in [-0.05, 0) is 12.5 Å². The molecule has 58 valence electrons. The van der Waals surface area contributed by atoms with Crippen molar-refractivity contribution in [1.82, 2.24) is 0 Å². The lowest BCUT2D eigenvalue weighted by molar-refractivity contribution is 1.56. The van der Waals surface area contributed by atoms with Crippen molar-refractivity contribution in [2.45, 2.75) is 6.92 Å². The lowest BCUT2D eigenvalue weighted by Gasteiger charge is -1.99. The molecule has 0 aromatic heterocycles. The van der Waals surface area contributed by atoms with Crippen LogP contribution in [0.2, 0.25) is 0 Å². The first kappa shape index (κ1) is 8.61. The third-order valence-electron chi connectivity index (χ3n) is 1.73. The van der Waals surface area contributed by atoms with Crippen LogP contribution in [-0.4, -0.2) is 7.28 Å². The first-order valence-corrected chi connectivity index (χ1v) is 3.86. The molecule has 0 atom stereocenters. The van der Waals surface area contributed by atoms with E-state index in [0.717, 1.165) is 16.6 Å². The molecule has 0 aliphatic rings. The average molecular weight is 155 g/mol. The van der Waals surface area contributed by atoms with Crippen LogP contribution in [0, 0.1) is 11.2 Å². The number of rotatable bonds is 2. The highest BCUT2D eigenvalue weighted by Crippen LogP contribution is 2.08. The van der Waals surface area contributed by atoms with E-state index < -0.39 is 0 Å². The van der Waals surface area contributed by atoms with Gasteiger partial charge in [-0.2, -0.15) is 0 Å². The summed E-state index contributed by atoms with van der Waals surface area (Å²) in [5.41, 5.74) is 3.25. The molecule has 0 saturated heterocycles. The third-order valence-corrected chi connectivity index (χ3v) is 1.73. The van der Waals surface area contributed by atoms with Gasteiger partial charge < -0.3 is 0 Å². The summed E-state index contributed by atoms with van der Waals surface area (Å²) in [5, 5.41) is 8.43. The summed E-state index contributed by atoms with van der Waals surface area (Å²) in [6, 6.07) is 7.92. The van der Waals surface area contributed by atoms with Gasteiger partial charge in [0.05, 0.1) is 0 Å². The Balaban J connectivity index is 2.87. The third kappa shape index (κ3) is 2.00. The lowest BCUT2D eigenvalue weighted by atomic mass is 9.72. The van der Waals surface area contributed by atoms with Gasteiger partial charge >= 0.3 is 0 Å². The van der Waals surface area contributed by atoms with Gasteiger partial charge in [-0.3, -0.25) is 0 Å². The topological polar surface area (TPSA) is 23.8 Å². The van der Waals surface area contributed by atoms with Crippen molar-refractivity contribution in [1.29, 1.82) is 5.26 Å². The Morgan fingerprint density at radius 2 is 2.00 bits per heavy atom. The van der Waals surface area contributed by atoms with Gasteiger partial charge in [0.25, 0.3) is 7.28 Å². The minimum Gasteiger partial charge on any atom is -0.213 e. The molecule has 0 amide bonds. The van der Waals surface area contributed by atoms with E-state index in [0.29, 0.717) is 7.28 Å². The van der Waals surface area contributed by atoms with E-state index in [1.54, 1.807) is 0 Å². The normalized spacial score (nSPS) is 8.67. The molecule has 0 aliphatic heterocycles. The van der Waals surface area contributed by atoms with Crippen LogP contribution in [0.3, 0.4) is 0 Å². The Labute approximate surface area is 73.6 Å². The Kier molecular flexibility index (Phi) is 2.71. The second-order valence-electron chi connectivity index (χ2n) is 2.81. The van der Waals surface area contributed by atoms with Gasteiger partial charge in [-0.15, -0.1) is 0 Å². The number of benzene rings is 1. The van der Waals surface area contributed by atoms with Gasteiger partial charge in [0.2, 0.25) is 0 Å². The molecule has 0 saturated carbocycles. The van der Waals surface area contributed by atoms with Gasteiger partial charge in [-0.25, -0.2) is 5.26 Å². The number of allylic oxidation sites excluding steroid dienone is 1. The van der Waals surface area contributed by atoms with Crippen molar-refractivity contribution in [3.63, 3.8) is 0 Å². The van der Waals surface area contributed by atoms with Crippen molar-refractivity contribution in [3.05, 3.63) is 36.4 Å². The van der Waals surface area contributed by atoms with E-state index in [1.807, 2.05) is 31.2 Å². The fourth-order valence-electron chi connectivity index (χ4n) is 0.998. The summed E-state index contributed by atoms with van der Waals surface area (Å²) in [7, 11) is 0.483. The van der Waals surface area contributed by atoms with Gasteiger partial charge in [0.1, 0.15) is 0 Å². The molecule has 0 heterocycles. The quantitative estimate of drug-likeness (QED) is 0.589. The number of hydrogen-bond acceptors (Lipinski definition) is 1. The molecule has 1 nitrogen and oxygen atoms in total. The number of nitrogens with zero attached hydrogens (tertiary/aromatic N) is 1. The monoisotopic (exact) mass is 155 g/mol. The molecule has 0 unspecified atom stereocenters. The summed E-state index contributed by atoms with van der Waals surface area (Å²) in [6.07, 6.45) is 0. The van der Waals surface area contributed by atoms with Crippen molar-refractivity contribution < 1.29 is 0 Å². The molecule has 0 spiro atoms. The maximum absolute atomic E-state index is 8.43. The standard InChI is InChI=1S/C10H10BN/c1-8(2)9-3-5-10(6-4-9)11-7-12/h3-6,11H,1H2,2H3. The van der Waals surface area contributed by atoms with Crippen LogP contribution in [-0.2, 0) is 0 Å². The van der Waals surface area contributed by atoms with E-state index in [4.69, 9.17) is 5.26 Å². The van der Waals surface area contributed by atoms with Gasteiger partial charge in [-0.1, -0.05) is 41.9 Å². The second-order valence-corrected chi connectivity index (χ2v) is 2.81. The largest absolute Gasteiger partial charge is 0.282 e. The minimum absolute atomic E-state index is 0.483. The molecule has 0 N–H and O–H groups in total. The highest BCUT2D eigenvalue weighted by Gasteiger charge is 1.95. The summed E-state index contributed by atoms with van der Waals surface area (Å²) in [6.45, 7) is 5.81. The summed E-state index contributed by atoms with van der Waals surface area (Å²) in [5.74, 6) is 2.11. The first-order valence-electron chi connectivity index (χ1n) is 3.86. The molecule has 12 heavy (non-hydrogen) atoms. The smallest absolute Gasteiger partial charge is 0.213 e. The zero-order chi connectivity index (χ0) is 8.97. The minimum atomic E-state index is 0.483. The number of nitriles is 1. The van der Waals surface area contributed by atoms with E-state index >= 15 is 0 Å². The predicted octanol–water partition coefficient (Wildman–Crippen LogP) is 1.26. The highest BCUT2D eigenvalue weighted by molar-refractivity contribution is 6.60. The SMILES string of the molecule is C=C(C)c1ccc(BC#N)cc1. The Morgan fingerprint density at radius 1 is 1.42 bits per heavy atom. The zero-order valence-electron chi connectivity index (χ0n) is 7.17. The summed E-state index contributed by atoms with van der Waals surface area (Å²) in [4.78, 5) is 0. The van der Waals surface area contributed by atoms with Crippen LogP contribution >= 0.6 is 0 Å². The molecule has 0 aliphatic carbocycles. The second kappa shape index (κ2) is 3.78. The van der Waals surface area contributed by atoms with Crippen molar-refractivity contribution in [3.8, 4) is 5.97 Å². The fraction of sp³-hybridized carbons (Fsp3) is 0.100. The van der Waals surface area contributed by atoms with E-state index in [1.165, 1.54) is 0 Å². The number of hydrogen-bond donors (Lipinski definition) is 0. The van der Waals surface area contributed by atoms with Crippen molar-refractivity contribution in [2.75, 3.05) is 0 Å². The van der Waals surface area contributed by atoms with Gasteiger partial charge in [0.15, 0.2) is 0 Å². The molecule has 0 radical (unpaired) electrons. The predicted molar refractivity (Wildman–Crippen MR) is 53.5 cm³/mol. The van der Waals surface area contributed by atoms with Crippen molar-refractivity contribution >= 4 is 18.3 Å². The van der Waals surface area contributed by atoms with Crippen LogP contribution in [0.25, 0.3) is 5.57 Å². The Morgan fingerprint density at radius 3 is 2.42 bits per heavy atom. The fourth-order valence-corrected chi connectivity index (χ4v) is 0.998. The van der Waals surface area contributed by atoms with Gasteiger partial charge in [0, 0.05) is 5.97 Å². The van der Waals surface area contributed by atoms with E-state index in [-0.39, 0.29) is 0 Å². The maximum Gasteiger partial charge on any atom is 0.282 e. The highest BCUT2D eigenvalue weighted by atomic mass is 14.2. The van der Waals surface area contributed by atoms with E-state index in [2.05, 4.69) is 12.5 Å². The summed E-state index contributed by atoms with van der Waals surface area (Å²) >= 11 is 0. The lowest BCUT2D eigenvalue weighted by Crippen LogP contribution is -2.11. The summed E-state index contributed by atoms with van der Waals surface area (Å²) < 4.78 is 0. The molecule has 0 fully saturated rings. The molecule has 1 aromatic carbocycles. The molecule has 2 heteroatoms.